The van der Waals surface area contributed by atoms with Crippen molar-refractivity contribution >= 4 is 0 Å². The van der Waals surface area contributed by atoms with Gasteiger partial charge in [0.1, 0.15) is 0 Å². The summed E-state index contributed by atoms with van der Waals surface area (Å²) >= 11 is 0. The molecule has 0 saturated carbocycles. The Balaban J connectivity index is 1.66. The van der Waals surface area contributed by atoms with E-state index in [1.54, 1.807) is 33.8 Å². The standard InChI is InChI=1S/C26H21F2N5O2/c1-3-17-13-19(31-14-20(27)21(28)15-31)9-10-22(17)32-16-24(35-2)26(34)25(30-32)23-11-12-29-33(23)18-7-5-4-6-8-18/h4-16H,3H2,1-2H3. The molecule has 0 bridgehead atoms. The summed E-state index contributed by atoms with van der Waals surface area (Å²) in [5.41, 5.74) is 3.27. The number of aromatic nitrogens is 5. The van der Waals surface area contributed by atoms with E-state index in [1.165, 1.54) is 17.9 Å². The number of rotatable bonds is 6. The molecule has 3 aromatic heterocycles. The normalized spacial score (nSPS) is 11.1. The predicted octanol–water partition coefficient (Wildman–Crippen LogP) is 4.73. The van der Waals surface area contributed by atoms with Crippen molar-refractivity contribution in [1.29, 1.82) is 0 Å². The summed E-state index contributed by atoms with van der Waals surface area (Å²) in [5.74, 6) is -1.71. The van der Waals surface area contributed by atoms with Gasteiger partial charge < -0.3 is 9.30 Å². The van der Waals surface area contributed by atoms with Gasteiger partial charge in [-0.05, 0) is 48.4 Å². The molecule has 0 radical (unpaired) electrons. The van der Waals surface area contributed by atoms with E-state index in [0.717, 1.165) is 23.6 Å². The first-order valence-corrected chi connectivity index (χ1v) is 10.9. The number of para-hydroxylation sites is 1. The maximum Gasteiger partial charge on any atom is 0.251 e. The largest absolute Gasteiger partial charge is 0.491 e. The Morgan fingerprint density at radius 3 is 2.37 bits per heavy atom. The van der Waals surface area contributed by atoms with Crippen LogP contribution in [0.5, 0.6) is 5.75 Å². The average Bonchev–Trinajstić information content (AvgIpc) is 3.51. The van der Waals surface area contributed by atoms with Gasteiger partial charge in [-0.2, -0.15) is 10.2 Å². The summed E-state index contributed by atoms with van der Waals surface area (Å²) in [6.45, 7) is 1.96. The minimum Gasteiger partial charge on any atom is -0.491 e. The third-order valence-corrected chi connectivity index (χ3v) is 5.71. The summed E-state index contributed by atoms with van der Waals surface area (Å²) in [6, 6.07) is 16.5. The molecule has 0 spiro atoms. The minimum atomic E-state index is -0.918. The highest BCUT2D eigenvalue weighted by molar-refractivity contribution is 5.59. The molecule has 0 saturated heterocycles. The average molecular weight is 473 g/mol. The number of benzene rings is 2. The molecule has 5 rings (SSSR count). The van der Waals surface area contributed by atoms with E-state index in [1.807, 2.05) is 43.3 Å². The van der Waals surface area contributed by atoms with Gasteiger partial charge in [-0.1, -0.05) is 25.1 Å². The molecule has 0 amide bonds. The molecular formula is C26H21F2N5O2. The molecule has 5 aromatic rings. The van der Waals surface area contributed by atoms with E-state index in [9.17, 15) is 13.6 Å². The molecule has 0 fully saturated rings. The lowest BCUT2D eigenvalue weighted by Gasteiger charge is -2.15. The Bertz CT molecular complexity index is 1550. The van der Waals surface area contributed by atoms with E-state index in [4.69, 9.17) is 4.74 Å². The maximum atomic E-state index is 13.5. The quantitative estimate of drug-likeness (QED) is 0.358. The first kappa shape index (κ1) is 22.3. The molecule has 2 aromatic carbocycles. The molecule has 176 valence electrons. The molecule has 9 heteroatoms. The van der Waals surface area contributed by atoms with Crippen LogP contribution in [0.1, 0.15) is 12.5 Å². The van der Waals surface area contributed by atoms with Gasteiger partial charge in [-0.25, -0.2) is 18.1 Å². The van der Waals surface area contributed by atoms with Gasteiger partial charge in [0.15, 0.2) is 23.1 Å². The van der Waals surface area contributed by atoms with Gasteiger partial charge >= 0.3 is 0 Å². The molecular weight excluding hydrogens is 452 g/mol. The highest BCUT2D eigenvalue weighted by Crippen LogP contribution is 2.24. The number of aryl methyl sites for hydroxylation is 1. The van der Waals surface area contributed by atoms with Crippen LogP contribution in [0.25, 0.3) is 28.5 Å². The highest BCUT2D eigenvalue weighted by atomic mass is 19.2. The van der Waals surface area contributed by atoms with Crippen LogP contribution in [-0.2, 0) is 6.42 Å². The van der Waals surface area contributed by atoms with Gasteiger partial charge in [-0.15, -0.1) is 0 Å². The van der Waals surface area contributed by atoms with Crippen LogP contribution in [0.3, 0.4) is 0 Å². The van der Waals surface area contributed by atoms with Crippen molar-refractivity contribution in [3.63, 3.8) is 0 Å². The molecule has 35 heavy (non-hydrogen) atoms. The van der Waals surface area contributed by atoms with Crippen LogP contribution in [0, 0.1) is 11.6 Å². The highest BCUT2D eigenvalue weighted by Gasteiger charge is 2.19. The number of ether oxygens (including phenoxy) is 1. The van der Waals surface area contributed by atoms with Crippen LogP contribution >= 0.6 is 0 Å². The number of nitrogens with zero attached hydrogens (tertiary/aromatic N) is 5. The smallest absolute Gasteiger partial charge is 0.251 e. The van der Waals surface area contributed by atoms with Crippen molar-refractivity contribution in [2.24, 2.45) is 0 Å². The second kappa shape index (κ2) is 9.02. The van der Waals surface area contributed by atoms with Crippen LogP contribution in [-0.4, -0.2) is 31.2 Å². The second-order valence-electron chi connectivity index (χ2n) is 7.81. The van der Waals surface area contributed by atoms with E-state index in [0.29, 0.717) is 23.5 Å². The third-order valence-electron chi connectivity index (χ3n) is 5.71. The Labute approximate surface area is 199 Å². The van der Waals surface area contributed by atoms with Gasteiger partial charge in [0, 0.05) is 18.1 Å². The molecule has 0 atom stereocenters. The fourth-order valence-electron chi connectivity index (χ4n) is 3.96. The predicted molar refractivity (Wildman–Crippen MR) is 128 cm³/mol. The zero-order valence-electron chi connectivity index (χ0n) is 19.0. The van der Waals surface area contributed by atoms with Crippen molar-refractivity contribution in [3.8, 4) is 34.2 Å². The van der Waals surface area contributed by atoms with Crippen LogP contribution in [0.2, 0.25) is 0 Å². The summed E-state index contributed by atoms with van der Waals surface area (Å²) in [7, 11) is 1.43. The van der Waals surface area contributed by atoms with Gasteiger partial charge in [-0.3, -0.25) is 4.79 Å². The van der Waals surface area contributed by atoms with Gasteiger partial charge in [0.25, 0.3) is 5.43 Å². The second-order valence-corrected chi connectivity index (χ2v) is 7.81. The van der Waals surface area contributed by atoms with E-state index in [2.05, 4.69) is 10.2 Å². The van der Waals surface area contributed by atoms with E-state index < -0.39 is 11.6 Å². The summed E-state index contributed by atoms with van der Waals surface area (Å²) in [4.78, 5) is 13.2. The van der Waals surface area contributed by atoms with Crippen LogP contribution in [0.15, 0.2) is 84.2 Å². The number of halogens is 2. The SMILES string of the molecule is CCc1cc(-n2cc(F)c(F)c2)ccc1-n1cc(OC)c(=O)c(-c2ccnn2-c2ccccc2)n1. The first-order chi connectivity index (χ1) is 17.0. The zero-order chi connectivity index (χ0) is 24.5. The fraction of sp³-hybridized carbons (Fsp3) is 0.115. The Morgan fingerprint density at radius 2 is 1.69 bits per heavy atom. The molecule has 0 unspecified atom stereocenters. The lowest BCUT2D eigenvalue weighted by Crippen LogP contribution is -2.18. The minimum absolute atomic E-state index is 0.122. The Hall–Kier alpha value is -4.53. The van der Waals surface area contributed by atoms with Crippen LogP contribution in [0.4, 0.5) is 8.78 Å². The molecule has 0 aliphatic heterocycles. The van der Waals surface area contributed by atoms with E-state index in [-0.39, 0.29) is 16.9 Å². The lowest BCUT2D eigenvalue weighted by atomic mass is 10.1. The fourth-order valence-corrected chi connectivity index (χ4v) is 3.96. The van der Waals surface area contributed by atoms with Crippen molar-refractivity contribution in [2.45, 2.75) is 13.3 Å². The van der Waals surface area contributed by atoms with Crippen molar-refractivity contribution in [1.82, 2.24) is 24.1 Å². The Morgan fingerprint density at radius 1 is 0.943 bits per heavy atom. The van der Waals surface area contributed by atoms with Crippen LogP contribution < -0.4 is 10.2 Å². The zero-order valence-corrected chi connectivity index (χ0v) is 19.0. The maximum absolute atomic E-state index is 13.5. The number of hydrogen-bond acceptors (Lipinski definition) is 4. The molecule has 0 aliphatic rings. The summed E-state index contributed by atoms with van der Waals surface area (Å²) < 4.78 is 37.1. The molecule has 3 heterocycles. The van der Waals surface area contributed by atoms with Crippen molar-refractivity contribution in [3.05, 3.63) is 107 Å². The first-order valence-electron chi connectivity index (χ1n) is 10.9. The number of hydrogen-bond donors (Lipinski definition) is 0. The van der Waals surface area contributed by atoms with E-state index >= 15 is 0 Å². The molecule has 7 nitrogen and oxygen atoms in total. The van der Waals surface area contributed by atoms with Gasteiger partial charge in [0.2, 0.25) is 0 Å². The molecule has 0 N–H and O–H groups in total. The summed E-state index contributed by atoms with van der Waals surface area (Å²) in [6.07, 6.45) is 5.93. The monoisotopic (exact) mass is 473 g/mol. The third kappa shape index (κ3) is 4.01. The Kier molecular flexibility index (Phi) is 5.74. The molecule has 0 aliphatic carbocycles. The summed E-state index contributed by atoms with van der Waals surface area (Å²) in [5, 5.41) is 9.02. The lowest BCUT2D eigenvalue weighted by molar-refractivity contribution is 0.405. The van der Waals surface area contributed by atoms with Gasteiger partial charge in [0.05, 0.1) is 36.6 Å². The topological polar surface area (TPSA) is 66.9 Å². The van der Waals surface area contributed by atoms with Crippen molar-refractivity contribution in [2.75, 3.05) is 7.11 Å². The number of methoxy groups -OCH3 is 1. The van der Waals surface area contributed by atoms with Crippen molar-refractivity contribution < 1.29 is 13.5 Å².